The summed E-state index contributed by atoms with van der Waals surface area (Å²) in [4.78, 5) is 10.3. The van der Waals surface area contributed by atoms with E-state index in [0.717, 1.165) is 13.0 Å². The molecule has 0 aromatic rings. The van der Waals surface area contributed by atoms with Crippen molar-refractivity contribution in [3.63, 3.8) is 0 Å². The van der Waals surface area contributed by atoms with E-state index in [1.165, 1.54) is 0 Å². The molecule has 9 heavy (non-hydrogen) atoms. The number of carbonyl (C=O) groups is 1. The number of halogens is 1. The van der Waals surface area contributed by atoms with Gasteiger partial charge in [0.05, 0.1) is 0 Å². The lowest BCUT2D eigenvalue weighted by Gasteiger charge is -1.99. The van der Waals surface area contributed by atoms with E-state index in [9.17, 15) is 4.79 Å². The summed E-state index contributed by atoms with van der Waals surface area (Å²) in [5.74, 6) is -0.728. The number of carboxylic acid groups (broad SMARTS) is 1. The van der Waals surface area contributed by atoms with Crippen LogP contribution in [0.4, 0.5) is 0 Å². The fraction of sp³-hybridized carbons (Fsp3) is 0.800. The van der Waals surface area contributed by atoms with Crippen molar-refractivity contribution >= 4 is 28.6 Å². The van der Waals surface area contributed by atoms with E-state index in [-0.39, 0.29) is 6.04 Å². The minimum Gasteiger partial charge on any atom is -0.480 e. The van der Waals surface area contributed by atoms with Crippen molar-refractivity contribution in [2.75, 3.05) is 6.54 Å². The molecule has 0 spiro atoms. The van der Waals surface area contributed by atoms with Gasteiger partial charge in [0.25, 0.3) is 0 Å². The summed E-state index contributed by atoms with van der Waals surface area (Å²) in [5.41, 5.74) is 0. The van der Waals surface area contributed by atoms with E-state index in [1.807, 2.05) is 0 Å². The first-order valence-electron chi connectivity index (χ1n) is 2.80. The lowest BCUT2D eigenvalue weighted by Crippen LogP contribution is -2.29. The van der Waals surface area contributed by atoms with Crippen molar-refractivity contribution in [1.29, 1.82) is 0 Å². The van der Waals surface area contributed by atoms with Crippen molar-refractivity contribution in [2.24, 2.45) is 0 Å². The highest BCUT2D eigenvalue weighted by atomic mass is 127. The molecule has 1 heterocycles. The smallest absolute Gasteiger partial charge is 0.320 e. The monoisotopic (exact) mass is 241 g/mol. The van der Waals surface area contributed by atoms with Crippen LogP contribution in [0, 0.1) is 0 Å². The van der Waals surface area contributed by atoms with Crippen molar-refractivity contribution in [3.05, 3.63) is 0 Å². The largest absolute Gasteiger partial charge is 0.480 e. The summed E-state index contributed by atoms with van der Waals surface area (Å²) in [6.07, 6.45) is 0.760. The Hall–Kier alpha value is 0.160. The minimum absolute atomic E-state index is 0.299. The summed E-state index contributed by atoms with van der Waals surface area (Å²) in [6.45, 7) is 0.831. The fourth-order valence-electron chi connectivity index (χ4n) is 0.881. The van der Waals surface area contributed by atoms with E-state index >= 15 is 0 Å². The number of rotatable bonds is 1. The lowest BCUT2D eigenvalue weighted by molar-refractivity contribution is -0.139. The Labute approximate surface area is 67.0 Å². The molecule has 1 rings (SSSR count). The Morgan fingerprint density at radius 2 is 2.44 bits per heavy atom. The normalized spacial score (nSPS) is 34.8. The Kier molecular flexibility index (Phi) is 2.29. The average molecular weight is 241 g/mol. The molecule has 3 nitrogen and oxygen atoms in total. The predicted octanol–water partition coefficient (Wildman–Crippen LogP) is 0.236. The second-order valence-electron chi connectivity index (χ2n) is 2.13. The van der Waals surface area contributed by atoms with Crippen molar-refractivity contribution in [1.82, 2.24) is 5.32 Å². The number of hydrogen-bond donors (Lipinski definition) is 2. The molecule has 1 aliphatic heterocycles. The van der Waals surface area contributed by atoms with Crippen LogP contribution in [-0.2, 0) is 4.79 Å². The third-order valence-corrected chi connectivity index (χ3v) is 2.32. The number of hydrogen-bond acceptors (Lipinski definition) is 2. The van der Waals surface area contributed by atoms with Crippen molar-refractivity contribution < 1.29 is 9.90 Å². The van der Waals surface area contributed by atoms with Gasteiger partial charge in [-0.25, -0.2) is 0 Å². The van der Waals surface area contributed by atoms with Crippen LogP contribution in [0.15, 0.2) is 0 Å². The summed E-state index contributed by atoms with van der Waals surface area (Å²) >= 11 is 2.25. The molecule has 1 aliphatic rings. The van der Waals surface area contributed by atoms with Gasteiger partial charge in [-0.1, -0.05) is 22.6 Å². The number of alkyl halides is 1. The van der Waals surface area contributed by atoms with E-state index < -0.39 is 5.97 Å². The molecule has 4 heteroatoms. The maximum absolute atomic E-state index is 10.3. The zero-order valence-corrected chi connectivity index (χ0v) is 6.96. The highest BCUT2D eigenvalue weighted by Gasteiger charge is 2.26. The van der Waals surface area contributed by atoms with Gasteiger partial charge in [0.2, 0.25) is 0 Å². The molecule has 0 radical (unpaired) electrons. The molecule has 2 unspecified atom stereocenters. The van der Waals surface area contributed by atoms with Gasteiger partial charge in [-0.15, -0.1) is 0 Å². The summed E-state index contributed by atoms with van der Waals surface area (Å²) in [6, 6.07) is -0.299. The Balaban J connectivity index is 2.39. The second kappa shape index (κ2) is 2.83. The molecule has 52 valence electrons. The quantitative estimate of drug-likeness (QED) is 0.510. The molecule has 0 aliphatic carbocycles. The van der Waals surface area contributed by atoms with Crippen LogP contribution in [0.25, 0.3) is 0 Å². The maximum Gasteiger partial charge on any atom is 0.320 e. The van der Waals surface area contributed by atoms with E-state index in [4.69, 9.17) is 5.11 Å². The van der Waals surface area contributed by atoms with Gasteiger partial charge in [0.15, 0.2) is 0 Å². The molecule has 0 amide bonds. The molecule has 0 bridgehead atoms. The van der Waals surface area contributed by atoms with E-state index in [1.54, 1.807) is 0 Å². The van der Waals surface area contributed by atoms with Gasteiger partial charge < -0.3 is 10.4 Å². The fourth-order valence-corrected chi connectivity index (χ4v) is 1.64. The van der Waals surface area contributed by atoms with Crippen molar-refractivity contribution in [3.8, 4) is 0 Å². The van der Waals surface area contributed by atoms with Crippen LogP contribution in [-0.4, -0.2) is 27.6 Å². The van der Waals surface area contributed by atoms with Crippen LogP contribution in [0.5, 0.6) is 0 Å². The van der Waals surface area contributed by atoms with Crippen LogP contribution < -0.4 is 5.32 Å². The van der Waals surface area contributed by atoms with Crippen LogP contribution >= 0.6 is 22.6 Å². The topological polar surface area (TPSA) is 49.3 Å². The Bertz CT molecular complexity index is 128. The molecule has 0 aromatic heterocycles. The molecule has 2 atom stereocenters. The van der Waals surface area contributed by atoms with Crippen LogP contribution in [0.3, 0.4) is 0 Å². The summed E-state index contributed by atoms with van der Waals surface area (Å²) < 4.78 is 0.490. The standard InChI is InChI=1S/C5H8INO2/c6-3-1-4(5(8)9)7-2-3/h3-4,7H,1-2H2,(H,8,9). The Morgan fingerprint density at radius 1 is 1.78 bits per heavy atom. The zero-order chi connectivity index (χ0) is 6.85. The second-order valence-corrected chi connectivity index (χ2v) is 3.89. The third kappa shape index (κ3) is 1.79. The van der Waals surface area contributed by atoms with Gasteiger partial charge in [-0.3, -0.25) is 4.79 Å². The first kappa shape index (κ1) is 7.27. The molecular weight excluding hydrogens is 233 g/mol. The van der Waals surface area contributed by atoms with Crippen LogP contribution in [0.1, 0.15) is 6.42 Å². The van der Waals surface area contributed by atoms with Gasteiger partial charge >= 0.3 is 5.97 Å². The average Bonchev–Trinajstić information content (AvgIpc) is 2.14. The maximum atomic E-state index is 10.3. The van der Waals surface area contributed by atoms with Gasteiger partial charge in [-0.2, -0.15) is 0 Å². The Morgan fingerprint density at radius 3 is 2.67 bits per heavy atom. The molecule has 0 saturated carbocycles. The lowest BCUT2D eigenvalue weighted by atomic mass is 10.2. The van der Waals surface area contributed by atoms with Gasteiger partial charge in [-0.05, 0) is 6.42 Å². The number of aliphatic carboxylic acids is 1. The SMILES string of the molecule is O=C(O)C1CC(I)CN1. The number of nitrogens with one attached hydrogen (secondary N) is 1. The van der Waals surface area contributed by atoms with Crippen LogP contribution in [0.2, 0.25) is 0 Å². The minimum atomic E-state index is -0.728. The molecule has 1 fully saturated rings. The van der Waals surface area contributed by atoms with Crippen molar-refractivity contribution in [2.45, 2.75) is 16.4 Å². The predicted molar refractivity (Wildman–Crippen MR) is 41.9 cm³/mol. The number of carboxylic acids is 1. The highest BCUT2D eigenvalue weighted by Crippen LogP contribution is 2.14. The molecular formula is C5H8INO2. The summed E-state index contributed by atoms with van der Waals surface area (Å²) in [7, 11) is 0. The third-order valence-electron chi connectivity index (χ3n) is 1.38. The van der Waals surface area contributed by atoms with Gasteiger partial charge in [0.1, 0.15) is 6.04 Å². The highest BCUT2D eigenvalue weighted by molar-refractivity contribution is 14.1. The molecule has 0 aromatic carbocycles. The van der Waals surface area contributed by atoms with E-state index in [2.05, 4.69) is 27.9 Å². The first-order valence-corrected chi connectivity index (χ1v) is 4.05. The zero-order valence-electron chi connectivity index (χ0n) is 4.80. The van der Waals surface area contributed by atoms with E-state index in [0.29, 0.717) is 3.92 Å². The molecule has 1 saturated heterocycles. The van der Waals surface area contributed by atoms with Gasteiger partial charge in [0, 0.05) is 10.5 Å². The molecule has 2 N–H and O–H groups in total. The summed E-state index contributed by atoms with van der Waals surface area (Å²) in [5, 5.41) is 11.4. The first-order chi connectivity index (χ1) is 4.20.